The Morgan fingerprint density at radius 3 is 0.600 bits per heavy atom. The molecule has 0 amide bonds. The van der Waals surface area contributed by atoms with E-state index in [4.69, 9.17) is 0 Å². The summed E-state index contributed by atoms with van der Waals surface area (Å²) in [5.74, 6) is 0.291. The third-order valence-corrected chi connectivity index (χ3v) is 6.88. The van der Waals surface area contributed by atoms with E-state index in [0.29, 0.717) is 0 Å². The first-order valence-electron chi connectivity index (χ1n) is 14.1. The number of fused-ring (bicyclic) bond motifs is 4. The Labute approximate surface area is 277 Å². The fourth-order valence-corrected chi connectivity index (χ4v) is 4.67. The van der Waals surface area contributed by atoms with Crippen LogP contribution in [0.25, 0.3) is 43.1 Å². The largest absolute Gasteiger partial charge is 4.00 e. The number of hydrogen-bond acceptors (Lipinski definition) is 4. The quantitative estimate of drug-likeness (QED) is 0.163. The molecule has 0 fully saturated rings. The Hall–Kier alpha value is -5.29. The van der Waals surface area contributed by atoms with E-state index in [1.54, 1.807) is 48.5 Å². The van der Waals surface area contributed by atoms with Gasteiger partial charge in [-0.15, -0.1) is 23.0 Å². The Morgan fingerprint density at radius 1 is 0.222 bits per heavy atom. The SMILES string of the molecule is [O-]c1ccc2ccccc2c1.[O-]c1ccc2ccccc2c1.[O-]c1ccc2ccccc2c1.[O-]c1ccc2ccccc2c1.[Ti+4]. The van der Waals surface area contributed by atoms with Gasteiger partial charge in [0.15, 0.2) is 0 Å². The molecule has 0 unspecified atom stereocenters. The van der Waals surface area contributed by atoms with Crippen LogP contribution in [0.1, 0.15) is 0 Å². The summed E-state index contributed by atoms with van der Waals surface area (Å²) in [6.45, 7) is 0. The van der Waals surface area contributed by atoms with Gasteiger partial charge >= 0.3 is 21.7 Å². The Kier molecular flexibility index (Phi) is 11.6. The van der Waals surface area contributed by atoms with E-state index in [2.05, 4.69) is 0 Å². The molecule has 216 valence electrons. The molecule has 0 spiro atoms. The molecule has 8 rings (SSSR count). The van der Waals surface area contributed by atoms with Crippen LogP contribution in [0.3, 0.4) is 0 Å². The molecule has 0 saturated carbocycles. The molecular formula is C40H28O4Ti. The molecule has 0 heterocycles. The Bertz CT molecular complexity index is 1830. The van der Waals surface area contributed by atoms with Crippen LogP contribution in [-0.4, -0.2) is 0 Å². The molecule has 5 heteroatoms. The molecule has 45 heavy (non-hydrogen) atoms. The van der Waals surface area contributed by atoms with E-state index in [1.165, 1.54) is 0 Å². The van der Waals surface area contributed by atoms with Crippen molar-refractivity contribution in [1.29, 1.82) is 0 Å². The summed E-state index contributed by atoms with van der Waals surface area (Å²) in [7, 11) is 0. The summed E-state index contributed by atoms with van der Waals surface area (Å²) in [6.07, 6.45) is 0. The number of rotatable bonds is 0. The first-order chi connectivity index (χ1) is 21.4. The molecule has 0 bridgehead atoms. The molecule has 0 aliphatic rings. The Morgan fingerprint density at radius 2 is 0.400 bits per heavy atom. The van der Waals surface area contributed by atoms with E-state index in [-0.39, 0.29) is 44.7 Å². The van der Waals surface area contributed by atoms with Crippen molar-refractivity contribution in [1.82, 2.24) is 0 Å². The van der Waals surface area contributed by atoms with E-state index in [1.807, 2.05) is 121 Å². The predicted octanol–water partition coefficient (Wildman–Crippen LogP) is 7.65. The molecule has 8 aromatic rings. The average Bonchev–Trinajstić information content (AvgIpc) is 3.05. The first kappa shape index (κ1) is 32.6. The number of benzene rings is 8. The minimum absolute atomic E-state index is 0. The molecule has 0 saturated heterocycles. The molecule has 0 aliphatic heterocycles. The number of hydrogen-bond donors (Lipinski definition) is 0. The van der Waals surface area contributed by atoms with Gasteiger partial charge in [0.2, 0.25) is 0 Å². The summed E-state index contributed by atoms with van der Waals surface area (Å²) >= 11 is 0. The minimum Gasteiger partial charge on any atom is -0.872 e. The molecule has 4 nitrogen and oxygen atoms in total. The van der Waals surface area contributed by atoms with Crippen molar-refractivity contribution >= 4 is 43.1 Å². The second-order valence-corrected chi connectivity index (χ2v) is 10.0. The second kappa shape index (κ2) is 16.0. The van der Waals surface area contributed by atoms with Crippen molar-refractivity contribution < 1.29 is 42.1 Å². The molecule has 0 N–H and O–H groups in total. The van der Waals surface area contributed by atoms with Gasteiger partial charge in [0.1, 0.15) is 0 Å². The first-order valence-corrected chi connectivity index (χ1v) is 14.1. The monoisotopic (exact) mass is 620 g/mol. The zero-order valence-electron chi connectivity index (χ0n) is 24.3. The van der Waals surface area contributed by atoms with Crippen molar-refractivity contribution in [2.24, 2.45) is 0 Å². The van der Waals surface area contributed by atoms with Gasteiger partial charge in [0.25, 0.3) is 0 Å². The van der Waals surface area contributed by atoms with Crippen molar-refractivity contribution in [3.63, 3.8) is 0 Å². The van der Waals surface area contributed by atoms with Crippen LogP contribution in [0.4, 0.5) is 0 Å². The average molecular weight is 621 g/mol. The van der Waals surface area contributed by atoms with Gasteiger partial charge in [0, 0.05) is 0 Å². The standard InChI is InChI=1S/4C10H8O.Ti/c4*11-10-6-5-8-3-1-2-4-9(8)7-10;/h4*1-7,11H;/q;;;;+4/p-4. The maximum absolute atomic E-state index is 10.9. The predicted molar refractivity (Wildman–Crippen MR) is 174 cm³/mol. The summed E-state index contributed by atoms with van der Waals surface area (Å²) in [6, 6.07) is 51.6. The van der Waals surface area contributed by atoms with Gasteiger partial charge in [-0.05, 0) is 43.1 Å². The normalized spacial score (nSPS) is 9.96. The maximum Gasteiger partial charge on any atom is 4.00 e. The third-order valence-electron chi connectivity index (χ3n) is 6.88. The topological polar surface area (TPSA) is 92.2 Å². The van der Waals surface area contributed by atoms with Crippen LogP contribution < -0.4 is 20.4 Å². The van der Waals surface area contributed by atoms with Crippen LogP contribution in [0.2, 0.25) is 0 Å². The molecule has 0 aromatic heterocycles. The summed E-state index contributed by atoms with van der Waals surface area (Å²) in [5.41, 5.74) is 0. The third kappa shape index (κ3) is 9.35. The van der Waals surface area contributed by atoms with Crippen molar-refractivity contribution in [3.05, 3.63) is 170 Å². The van der Waals surface area contributed by atoms with E-state index >= 15 is 0 Å². The summed E-state index contributed by atoms with van der Waals surface area (Å²) in [5, 5.41) is 52.1. The molecular weight excluding hydrogens is 592 g/mol. The van der Waals surface area contributed by atoms with Gasteiger partial charge in [-0.25, -0.2) is 0 Å². The van der Waals surface area contributed by atoms with Gasteiger partial charge in [-0.3, -0.25) is 0 Å². The van der Waals surface area contributed by atoms with Crippen LogP contribution in [-0.2, 0) is 21.7 Å². The zero-order valence-corrected chi connectivity index (χ0v) is 25.9. The van der Waals surface area contributed by atoms with Gasteiger partial charge in [-0.1, -0.05) is 170 Å². The van der Waals surface area contributed by atoms with E-state index < -0.39 is 0 Å². The fourth-order valence-electron chi connectivity index (χ4n) is 4.67. The fraction of sp³-hybridized carbons (Fsp3) is 0. The second-order valence-electron chi connectivity index (χ2n) is 10.0. The van der Waals surface area contributed by atoms with Crippen molar-refractivity contribution in [3.8, 4) is 23.0 Å². The van der Waals surface area contributed by atoms with E-state index in [0.717, 1.165) is 43.1 Å². The maximum atomic E-state index is 10.9. The summed E-state index contributed by atoms with van der Waals surface area (Å²) in [4.78, 5) is 0. The van der Waals surface area contributed by atoms with Crippen molar-refractivity contribution in [2.75, 3.05) is 0 Å². The van der Waals surface area contributed by atoms with Crippen LogP contribution >= 0.6 is 0 Å². The molecule has 0 atom stereocenters. The van der Waals surface area contributed by atoms with Crippen LogP contribution in [0.5, 0.6) is 23.0 Å². The Balaban J connectivity index is 0.000000136. The zero-order chi connectivity index (χ0) is 30.7. The van der Waals surface area contributed by atoms with Gasteiger partial charge in [0.05, 0.1) is 0 Å². The molecule has 0 aliphatic carbocycles. The molecule has 0 radical (unpaired) electrons. The minimum atomic E-state index is 0. The van der Waals surface area contributed by atoms with Crippen LogP contribution in [0, 0.1) is 0 Å². The van der Waals surface area contributed by atoms with E-state index in [9.17, 15) is 20.4 Å². The molecule has 8 aromatic carbocycles. The van der Waals surface area contributed by atoms with Crippen LogP contribution in [0.15, 0.2) is 170 Å². The summed E-state index contributed by atoms with van der Waals surface area (Å²) < 4.78 is 0. The van der Waals surface area contributed by atoms with Gasteiger partial charge < -0.3 is 20.4 Å². The van der Waals surface area contributed by atoms with Crippen molar-refractivity contribution in [2.45, 2.75) is 0 Å². The van der Waals surface area contributed by atoms with Gasteiger partial charge in [-0.2, -0.15) is 0 Å². The smallest absolute Gasteiger partial charge is 0.872 e.